The number of carbonyl (C=O) groups excluding carboxylic acids is 2. The highest BCUT2D eigenvalue weighted by Crippen LogP contribution is 2.41. The molecule has 2 atom stereocenters. The van der Waals surface area contributed by atoms with Crippen molar-refractivity contribution in [1.82, 2.24) is 34.9 Å². The van der Waals surface area contributed by atoms with Crippen LogP contribution in [-0.4, -0.2) is 83.3 Å². The van der Waals surface area contributed by atoms with E-state index < -0.39 is 41.8 Å². The number of carbonyl (C=O) groups is 3. The summed E-state index contributed by atoms with van der Waals surface area (Å²) in [5, 5.41) is 19.7. The number of hydrazine groups is 1. The van der Waals surface area contributed by atoms with E-state index in [9.17, 15) is 23.9 Å². The number of amides is 2. The molecule has 2 amide bonds. The Morgan fingerprint density at radius 3 is 2.95 bits per heavy atom. The summed E-state index contributed by atoms with van der Waals surface area (Å²) in [6.07, 6.45) is 9.44. The summed E-state index contributed by atoms with van der Waals surface area (Å²) in [7, 11) is 0. The summed E-state index contributed by atoms with van der Waals surface area (Å²) >= 11 is 3.45. The number of anilines is 1. The number of nitrogens with two attached hydrogens (primary N) is 1. The molecule has 40 heavy (non-hydrogen) atoms. The monoisotopic (exact) mass is 607 g/mol. The normalized spacial score (nSPS) is 22.0. The third kappa shape index (κ3) is 5.24. The fourth-order valence-electron chi connectivity index (χ4n) is 4.12. The number of oxime groups is 1. The molecule has 0 radical (unpaired) electrons. The molecule has 0 aliphatic carbocycles. The van der Waals surface area contributed by atoms with Gasteiger partial charge in [-0.25, -0.2) is 14.2 Å². The minimum Gasteiger partial charge on any atom is -0.477 e. The first-order chi connectivity index (χ1) is 19.3. The van der Waals surface area contributed by atoms with Gasteiger partial charge >= 0.3 is 5.97 Å². The van der Waals surface area contributed by atoms with Gasteiger partial charge in [0.05, 0.1) is 5.03 Å². The second-order valence-electron chi connectivity index (χ2n) is 8.22. The van der Waals surface area contributed by atoms with E-state index >= 15 is 0 Å². The lowest BCUT2D eigenvalue weighted by molar-refractivity contribution is -0.150. The van der Waals surface area contributed by atoms with Crippen molar-refractivity contribution in [3.8, 4) is 0 Å². The van der Waals surface area contributed by atoms with E-state index in [1.54, 1.807) is 11.5 Å². The number of nitrogens with one attached hydrogen (secondary N) is 2. The molecule has 0 aromatic carbocycles. The molecule has 0 bridgehead atoms. The van der Waals surface area contributed by atoms with Crippen LogP contribution in [0.1, 0.15) is 12.7 Å². The maximum absolute atomic E-state index is 13.0. The molecule has 0 unspecified atom stereocenters. The molecule has 210 valence electrons. The number of carboxylic acids is 1. The molecule has 18 heteroatoms. The number of nitrogens with zero attached hydrogens (tertiary/aromatic N) is 6. The number of β-lactam (4-membered cyclic amide) rings is 1. The first-order valence-corrected chi connectivity index (χ1v) is 14.4. The summed E-state index contributed by atoms with van der Waals surface area (Å²) in [5.41, 5.74) is 8.64. The summed E-state index contributed by atoms with van der Waals surface area (Å²) in [6, 6.07) is -1.05. The highest BCUT2D eigenvalue weighted by molar-refractivity contribution is 8.05. The van der Waals surface area contributed by atoms with E-state index in [1.807, 2.05) is 29.6 Å². The Kier molecular flexibility index (Phi) is 7.99. The second-order valence-corrected chi connectivity index (χ2v) is 11.1. The van der Waals surface area contributed by atoms with Crippen LogP contribution in [-0.2, 0) is 19.2 Å². The molecule has 1 saturated heterocycles. The number of allylic oxidation sites excluding steroid dienone is 3. The van der Waals surface area contributed by atoms with Gasteiger partial charge in [-0.05, 0) is 36.1 Å². The van der Waals surface area contributed by atoms with Crippen LogP contribution >= 0.6 is 35.1 Å². The number of hydrogen-bond donors (Lipinski definition) is 4. The maximum atomic E-state index is 13.0. The van der Waals surface area contributed by atoms with Crippen molar-refractivity contribution in [2.75, 3.05) is 24.9 Å². The van der Waals surface area contributed by atoms with Crippen molar-refractivity contribution in [2.24, 2.45) is 5.16 Å². The van der Waals surface area contributed by atoms with Crippen LogP contribution in [0.15, 0.2) is 63.3 Å². The molecule has 5 N–H and O–H groups in total. The standard InChI is InChI=1S/C22H22FN9O5S3/c1-2-30-6-7-31-13(30)4-3-12(27-31)38-8-5-11-9-39-20-15(19(34)32(20)16(11)21(35)36)25-18(33)14(28-37-10-23)17-26-22(24)40-29-17/h3-8,15,20,27H,2,9-10H2,1H3,(H,25,33)(H,35,36)(H2,24,26,29)/b8-5+,28-14-/t15-,20+/m1/s1. The quantitative estimate of drug-likeness (QED) is 0.169. The van der Waals surface area contributed by atoms with Crippen molar-refractivity contribution in [1.29, 1.82) is 0 Å². The van der Waals surface area contributed by atoms with Gasteiger partial charge in [0.25, 0.3) is 18.7 Å². The van der Waals surface area contributed by atoms with Gasteiger partial charge < -0.3 is 25.9 Å². The summed E-state index contributed by atoms with van der Waals surface area (Å²) < 4.78 is 16.4. The Balaban J connectivity index is 1.27. The number of carboxylic acid groups (broad SMARTS) is 1. The number of aliphatic carboxylic acids is 1. The molecule has 5 rings (SSSR count). The lowest BCUT2D eigenvalue weighted by Crippen LogP contribution is -2.71. The fourth-order valence-corrected chi connectivity index (χ4v) is 6.55. The minimum atomic E-state index is -1.30. The third-order valence-electron chi connectivity index (χ3n) is 5.92. The van der Waals surface area contributed by atoms with Gasteiger partial charge in [0.2, 0.25) is 11.5 Å². The second kappa shape index (κ2) is 11.6. The van der Waals surface area contributed by atoms with Gasteiger partial charge in [0.15, 0.2) is 5.13 Å². The first kappa shape index (κ1) is 27.5. The summed E-state index contributed by atoms with van der Waals surface area (Å²) in [4.78, 5) is 49.4. The molecule has 4 aliphatic heterocycles. The zero-order chi connectivity index (χ0) is 28.4. The number of hydrogen-bond acceptors (Lipinski definition) is 14. The summed E-state index contributed by atoms with van der Waals surface area (Å²) in [6.45, 7) is 1.59. The van der Waals surface area contributed by atoms with Crippen molar-refractivity contribution in [2.45, 2.75) is 18.3 Å². The summed E-state index contributed by atoms with van der Waals surface area (Å²) in [5.74, 6) is -1.69. The van der Waals surface area contributed by atoms with Crippen LogP contribution in [0.2, 0.25) is 0 Å². The fraction of sp³-hybridized carbons (Fsp3) is 0.273. The molecule has 4 aliphatic rings. The Bertz CT molecular complexity index is 1420. The van der Waals surface area contributed by atoms with Crippen LogP contribution in [0.3, 0.4) is 0 Å². The van der Waals surface area contributed by atoms with Gasteiger partial charge in [0.1, 0.15) is 22.9 Å². The van der Waals surface area contributed by atoms with E-state index in [2.05, 4.69) is 41.9 Å². The Labute approximate surface area is 239 Å². The van der Waals surface area contributed by atoms with E-state index in [0.29, 0.717) is 5.57 Å². The lowest BCUT2D eigenvalue weighted by Gasteiger charge is -2.49. The zero-order valence-electron chi connectivity index (χ0n) is 20.7. The predicted molar refractivity (Wildman–Crippen MR) is 147 cm³/mol. The average molecular weight is 608 g/mol. The topological polar surface area (TPSA) is 179 Å². The number of fused-ring (bicyclic) bond motifs is 2. The van der Waals surface area contributed by atoms with E-state index in [1.165, 1.54) is 23.5 Å². The number of halogens is 1. The van der Waals surface area contributed by atoms with Crippen LogP contribution in [0, 0.1) is 0 Å². The molecule has 14 nitrogen and oxygen atoms in total. The van der Waals surface area contributed by atoms with Crippen LogP contribution in [0.4, 0.5) is 9.52 Å². The third-order valence-corrected chi connectivity index (χ3v) is 8.51. The van der Waals surface area contributed by atoms with E-state index in [-0.39, 0.29) is 22.4 Å². The van der Waals surface area contributed by atoms with E-state index in [0.717, 1.165) is 33.8 Å². The van der Waals surface area contributed by atoms with Gasteiger partial charge in [-0.2, -0.15) is 9.36 Å². The number of nitrogen functional groups attached to an aromatic ring is 1. The van der Waals surface area contributed by atoms with Gasteiger partial charge in [-0.15, -0.1) is 11.8 Å². The van der Waals surface area contributed by atoms with Crippen LogP contribution in [0.25, 0.3) is 0 Å². The van der Waals surface area contributed by atoms with Gasteiger partial charge in [-0.3, -0.25) is 19.9 Å². The first-order valence-electron chi connectivity index (χ1n) is 11.7. The number of alkyl halides is 1. The number of thioether (sulfide) groups is 2. The molecular weight excluding hydrogens is 585 g/mol. The lowest BCUT2D eigenvalue weighted by atomic mass is 10.0. The minimum absolute atomic E-state index is 0.0484. The van der Waals surface area contributed by atoms with Crippen molar-refractivity contribution in [3.05, 3.63) is 64.0 Å². The van der Waals surface area contributed by atoms with Crippen molar-refractivity contribution < 1.29 is 28.7 Å². The molecule has 0 spiro atoms. The van der Waals surface area contributed by atoms with Crippen LogP contribution < -0.4 is 16.5 Å². The molecule has 1 aromatic heterocycles. The number of rotatable bonds is 10. The van der Waals surface area contributed by atoms with Crippen molar-refractivity contribution in [3.63, 3.8) is 0 Å². The molecule has 1 fully saturated rings. The SMILES string of the molecule is CCN1C=CN2NC(S/C=C/C3=C(C(=O)O)N4C(=O)[C@@H](NC(=O)/C(=N\OCF)c5nsc(N)n5)[C@@H]4SC3)=CC=C12. The maximum Gasteiger partial charge on any atom is 0.352 e. The smallest absolute Gasteiger partial charge is 0.352 e. The van der Waals surface area contributed by atoms with E-state index in [4.69, 9.17) is 5.73 Å². The molecule has 0 saturated carbocycles. The molecule has 5 heterocycles. The molecule has 1 aromatic rings. The predicted octanol–water partition coefficient (Wildman–Crippen LogP) is 1.06. The van der Waals surface area contributed by atoms with Crippen LogP contribution in [0.5, 0.6) is 0 Å². The average Bonchev–Trinajstić information content (AvgIpc) is 3.56. The largest absolute Gasteiger partial charge is 0.477 e. The highest BCUT2D eigenvalue weighted by Gasteiger charge is 2.54. The highest BCUT2D eigenvalue weighted by atomic mass is 32.2. The molecular formula is C22H22FN9O5S3. The van der Waals surface area contributed by atoms with Gasteiger partial charge in [0, 0.05) is 36.2 Å². The van der Waals surface area contributed by atoms with Crippen molar-refractivity contribution >= 4 is 63.7 Å². The Morgan fingerprint density at radius 1 is 1.43 bits per heavy atom. The Hall–Kier alpha value is -4.03. The number of aromatic nitrogens is 2. The zero-order valence-corrected chi connectivity index (χ0v) is 23.1. The Morgan fingerprint density at radius 2 is 2.25 bits per heavy atom. The van der Waals surface area contributed by atoms with Gasteiger partial charge in [-0.1, -0.05) is 16.9 Å².